The van der Waals surface area contributed by atoms with E-state index in [1.54, 1.807) is 34.1 Å². The lowest BCUT2D eigenvalue weighted by Crippen LogP contribution is -2.56. The lowest BCUT2D eigenvalue weighted by Gasteiger charge is -2.41. The number of likely N-dealkylation sites (tertiary alicyclic amines) is 1. The van der Waals surface area contributed by atoms with E-state index >= 15 is 0 Å². The number of aryl methyl sites for hydroxylation is 1. The number of halogens is 2. The normalized spacial score (nSPS) is 17.4. The highest BCUT2D eigenvalue weighted by atomic mass is 35.5. The summed E-state index contributed by atoms with van der Waals surface area (Å²) in [5, 5.41) is 10.8. The van der Waals surface area contributed by atoms with Gasteiger partial charge >= 0.3 is 0 Å². The van der Waals surface area contributed by atoms with Crippen LogP contribution < -0.4 is 10.9 Å². The Morgan fingerprint density at radius 3 is 2.14 bits per heavy atom. The van der Waals surface area contributed by atoms with Gasteiger partial charge in [0, 0.05) is 83.8 Å². The van der Waals surface area contributed by atoms with Crippen LogP contribution in [0.15, 0.2) is 71.5 Å². The van der Waals surface area contributed by atoms with Gasteiger partial charge < -0.3 is 24.9 Å². The monoisotopic (exact) mass is 1040 g/mol. The van der Waals surface area contributed by atoms with Crippen molar-refractivity contribution in [2.75, 3.05) is 97.5 Å². The van der Waals surface area contributed by atoms with Crippen molar-refractivity contribution in [3.63, 3.8) is 0 Å². The second-order valence-corrected chi connectivity index (χ2v) is 20.2. The minimum Gasteiger partial charge on any atom is -0.347 e. The molecule has 74 heavy (non-hydrogen) atoms. The van der Waals surface area contributed by atoms with Crippen molar-refractivity contribution in [2.45, 2.75) is 97.9 Å². The van der Waals surface area contributed by atoms with Crippen LogP contribution in [0.1, 0.15) is 105 Å². The topological polar surface area (TPSA) is 163 Å². The fourth-order valence-electron chi connectivity index (χ4n) is 10.8. The molecular weight excluding hydrogens is 961 g/mol. The molecular formula is C57H79ClFN9O6. The maximum absolute atomic E-state index is 15.0. The molecule has 3 aliphatic heterocycles. The Balaban J connectivity index is 0.000000398. The smallest absolute Gasteiger partial charge is 0.272 e. The van der Waals surface area contributed by atoms with Crippen LogP contribution in [-0.2, 0) is 32.0 Å². The number of rotatable bonds is 17. The summed E-state index contributed by atoms with van der Waals surface area (Å²) in [6.45, 7) is 17.2. The van der Waals surface area contributed by atoms with Gasteiger partial charge in [0.2, 0.25) is 24.1 Å². The summed E-state index contributed by atoms with van der Waals surface area (Å²) in [6, 6.07) is 19.6. The Labute approximate surface area is 442 Å². The molecule has 1 unspecified atom stereocenters. The molecule has 402 valence electrons. The molecule has 3 saturated heterocycles. The molecule has 1 saturated carbocycles. The van der Waals surface area contributed by atoms with Crippen molar-refractivity contribution in [2.24, 2.45) is 11.8 Å². The average molecular weight is 1040 g/mol. The number of aromatic nitrogens is 2. The SMILES string of the molecule is CC.CCCN(CCc1cccc(C)c1)C(=O)CCl.O=CNC(C(=O)N1CCN(CC2CCN(CC(=O)N3CCN(C(=O)c4cc(Cc5n[nH]c(=O)c6ccccc56)ccc4F)CC3)CC2)CC1)C1CCCCC1. The number of hydrogen-bond acceptors (Lipinski definition) is 9. The number of fused-ring (bicyclic) bond motifs is 1. The summed E-state index contributed by atoms with van der Waals surface area (Å²) in [5.74, 6) is -0.00163. The molecule has 4 fully saturated rings. The lowest BCUT2D eigenvalue weighted by atomic mass is 9.83. The van der Waals surface area contributed by atoms with Crippen molar-refractivity contribution in [3.8, 4) is 0 Å². The number of H-pyrrole nitrogens is 1. The molecule has 8 rings (SSSR count). The number of carbonyl (C=O) groups excluding carboxylic acids is 5. The second kappa shape index (κ2) is 29.4. The van der Waals surface area contributed by atoms with E-state index in [1.807, 2.05) is 35.8 Å². The number of benzene rings is 3. The zero-order chi connectivity index (χ0) is 53.0. The Hall–Kier alpha value is -5.71. The first-order valence-electron chi connectivity index (χ1n) is 27.1. The highest BCUT2D eigenvalue weighted by Gasteiger charge is 2.35. The number of hydrogen-bond donors (Lipinski definition) is 2. The van der Waals surface area contributed by atoms with Gasteiger partial charge in [-0.1, -0.05) is 94.1 Å². The van der Waals surface area contributed by atoms with Gasteiger partial charge in [0.05, 0.1) is 23.2 Å². The number of alkyl halides is 1. The van der Waals surface area contributed by atoms with Crippen molar-refractivity contribution >= 4 is 52.4 Å². The van der Waals surface area contributed by atoms with E-state index in [1.165, 1.54) is 23.6 Å². The predicted octanol–water partition coefficient (Wildman–Crippen LogP) is 6.53. The van der Waals surface area contributed by atoms with Crippen molar-refractivity contribution in [1.29, 1.82) is 0 Å². The van der Waals surface area contributed by atoms with Crippen LogP contribution >= 0.6 is 11.6 Å². The maximum Gasteiger partial charge on any atom is 0.272 e. The summed E-state index contributed by atoms with van der Waals surface area (Å²) >= 11 is 5.60. The third-order valence-corrected chi connectivity index (χ3v) is 15.2. The molecule has 0 spiro atoms. The zero-order valence-electron chi connectivity index (χ0n) is 44.2. The molecule has 0 radical (unpaired) electrons. The molecule has 4 aliphatic rings. The number of nitrogens with zero attached hydrogens (tertiary/aromatic N) is 7. The molecule has 17 heteroatoms. The molecule has 2 N–H and O–H groups in total. The van der Waals surface area contributed by atoms with Gasteiger partial charge in [-0.25, -0.2) is 9.49 Å². The molecule has 3 aromatic carbocycles. The minimum atomic E-state index is -0.598. The van der Waals surface area contributed by atoms with Crippen LogP contribution in [0.2, 0.25) is 0 Å². The van der Waals surface area contributed by atoms with Crippen LogP contribution in [0.25, 0.3) is 10.8 Å². The first-order valence-corrected chi connectivity index (χ1v) is 27.6. The highest BCUT2D eigenvalue weighted by Crippen LogP contribution is 2.28. The largest absolute Gasteiger partial charge is 0.347 e. The third-order valence-electron chi connectivity index (χ3n) is 14.9. The van der Waals surface area contributed by atoms with E-state index in [2.05, 4.69) is 63.4 Å². The number of nitrogens with one attached hydrogen (secondary N) is 2. The van der Waals surface area contributed by atoms with Gasteiger partial charge in [-0.3, -0.25) is 38.6 Å². The van der Waals surface area contributed by atoms with Crippen LogP contribution in [0, 0.1) is 24.6 Å². The lowest BCUT2D eigenvalue weighted by molar-refractivity contribution is -0.138. The molecule has 1 aromatic heterocycles. The first-order chi connectivity index (χ1) is 35.9. The number of piperidine rings is 1. The van der Waals surface area contributed by atoms with E-state index in [-0.39, 0.29) is 40.6 Å². The first kappa shape index (κ1) is 57.6. The summed E-state index contributed by atoms with van der Waals surface area (Å²) in [4.78, 5) is 87.1. The Kier molecular flexibility index (Phi) is 22.9. The summed E-state index contributed by atoms with van der Waals surface area (Å²) in [6.07, 6.45) is 10.3. The zero-order valence-corrected chi connectivity index (χ0v) is 44.9. The number of carbonyl (C=O) groups is 5. The minimum absolute atomic E-state index is 0.0144. The summed E-state index contributed by atoms with van der Waals surface area (Å²) in [5.41, 5.74) is 3.57. The fraction of sp³-hybridized carbons (Fsp3) is 0.561. The number of piperazine rings is 2. The van der Waals surface area contributed by atoms with Crippen LogP contribution in [0.3, 0.4) is 0 Å². The predicted molar refractivity (Wildman–Crippen MR) is 290 cm³/mol. The Bertz CT molecular complexity index is 2520. The average Bonchev–Trinajstić information content (AvgIpc) is 3.44. The standard InChI is InChI=1S/C41H53FN8O5.C14H20ClNO.C2H6/c42-35-11-10-30(25-36-32-8-4-5-9-33(32)39(53)45-44-36)24-34(35)40(54)49-22-20-48(21-23-49)37(52)27-46-14-12-29(13-15-46)26-47-16-18-50(19-17-47)41(55)38(43-28-51)31-6-2-1-3-7-31;1-3-8-16(14(17)11-15)9-7-13-6-4-5-12(2)10-13;1-2/h4-5,8-11,24,28-29,31,38H,1-3,6-7,12-23,25-27H2,(H,43,51)(H,45,53);4-6,10H,3,7-9,11H2,1-2H3;1-2H3. The van der Waals surface area contributed by atoms with E-state index < -0.39 is 17.8 Å². The fourth-order valence-corrected chi connectivity index (χ4v) is 11.0. The molecule has 5 amide bonds. The van der Waals surface area contributed by atoms with Gasteiger partial charge in [-0.15, -0.1) is 11.6 Å². The van der Waals surface area contributed by atoms with Crippen molar-refractivity contribution in [3.05, 3.63) is 111 Å². The van der Waals surface area contributed by atoms with Crippen LogP contribution in [-0.4, -0.2) is 173 Å². The Morgan fingerprint density at radius 1 is 0.797 bits per heavy atom. The van der Waals surface area contributed by atoms with Crippen molar-refractivity contribution in [1.82, 2.24) is 44.9 Å². The number of amides is 5. The maximum atomic E-state index is 15.0. The van der Waals surface area contributed by atoms with Gasteiger partial charge in [-0.2, -0.15) is 5.10 Å². The molecule has 1 atom stereocenters. The van der Waals surface area contributed by atoms with Gasteiger partial charge in [0.1, 0.15) is 17.7 Å². The van der Waals surface area contributed by atoms with E-state index in [9.17, 15) is 33.2 Å². The third kappa shape index (κ3) is 16.1. The highest BCUT2D eigenvalue weighted by molar-refractivity contribution is 6.27. The molecule has 4 aromatic rings. The second-order valence-electron chi connectivity index (χ2n) is 20.0. The van der Waals surface area contributed by atoms with E-state index in [4.69, 9.17) is 11.6 Å². The van der Waals surface area contributed by atoms with Crippen LogP contribution in [0.4, 0.5) is 4.39 Å². The Morgan fingerprint density at radius 2 is 1.47 bits per heavy atom. The van der Waals surface area contributed by atoms with E-state index in [0.717, 1.165) is 97.2 Å². The van der Waals surface area contributed by atoms with Crippen LogP contribution in [0.5, 0.6) is 0 Å². The van der Waals surface area contributed by atoms with Gasteiger partial charge in [0.25, 0.3) is 11.5 Å². The summed E-state index contributed by atoms with van der Waals surface area (Å²) < 4.78 is 15.0. The molecule has 1 aliphatic carbocycles. The molecule has 0 bridgehead atoms. The van der Waals surface area contributed by atoms with E-state index in [0.29, 0.717) is 86.6 Å². The quantitative estimate of drug-likeness (QED) is 0.0885. The molecule has 15 nitrogen and oxygen atoms in total. The summed E-state index contributed by atoms with van der Waals surface area (Å²) in [7, 11) is 0. The van der Waals surface area contributed by atoms with Gasteiger partial charge in [0.15, 0.2) is 0 Å². The van der Waals surface area contributed by atoms with Gasteiger partial charge in [-0.05, 0) is 99.7 Å². The molecule has 4 heterocycles. The van der Waals surface area contributed by atoms with Crippen molar-refractivity contribution < 1.29 is 28.4 Å². The number of aromatic amines is 1.